The van der Waals surface area contributed by atoms with Crippen molar-refractivity contribution >= 4 is 16.8 Å². The standard InChI is InChI=1S/C18H24N2O/c1-4-14-15-11-7-8-12-16(15)20(13-9-5-6-10-13)17(14)18(21)19(2)3/h7-8,11-13H,4-6,9-10H2,1-3H3. The molecule has 0 saturated heterocycles. The minimum Gasteiger partial charge on any atom is -0.343 e. The second kappa shape index (κ2) is 5.55. The van der Waals surface area contributed by atoms with Crippen molar-refractivity contribution in [2.24, 2.45) is 0 Å². The van der Waals surface area contributed by atoms with Crippen molar-refractivity contribution in [1.82, 2.24) is 9.47 Å². The molecule has 1 amide bonds. The van der Waals surface area contributed by atoms with Crippen LogP contribution < -0.4 is 0 Å². The van der Waals surface area contributed by atoms with Gasteiger partial charge in [0.1, 0.15) is 5.69 Å². The molecule has 1 aliphatic carbocycles. The Balaban J connectivity index is 2.30. The molecule has 1 aliphatic rings. The molecule has 3 rings (SSSR count). The van der Waals surface area contributed by atoms with Crippen LogP contribution in [0.15, 0.2) is 24.3 Å². The van der Waals surface area contributed by atoms with E-state index in [1.807, 2.05) is 14.1 Å². The predicted octanol–water partition coefficient (Wildman–Crippen LogP) is 4.02. The fourth-order valence-corrected chi connectivity index (χ4v) is 3.68. The van der Waals surface area contributed by atoms with Gasteiger partial charge in [-0.25, -0.2) is 0 Å². The summed E-state index contributed by atoms with van der Waals surface area (Å²) in [4.78, 5) is 14.5. The van der Waals surface area contributed by atoms with Crippen LogP contribution in [0.1, 0.15) is 54.7 Å². The lowest BCUT2D eigenvalue weighted by atomic mass is 10.1. The summed E-state index contributed by atoms with van der Waals surface area (Å²) in [7, 11) is 3.69. The highest BCUT2D eigenvalue weighted by atomic mass is 16.2. The van der Waals surface area contributed by atoms with Crippen LogP contribution in [0.4, 0.5) is 0 Å². The molecule has 1 fully saturated rings. The molecule has 0 unspecified atom stereocenters. The quantitative estimate of drug-likeness (QED) is 0.835. The van der Waals surface area contributed by atoms with Gasteiger partial charge in [-0.1, -0.05) is 38.0 Å². The highest BCUT2D eigenvalue weighted by Crippen LogP contribution is 2.37. The smallest absolute Gasteiger partial charge is 0.270 e. The second-order valence-corrected chi connectivity index (χ2v) is 6.21. The van der Waals surface area contributed by atoms with E-state index in [1.54, 1.807) is 4.90 Å². The SMILES string of the molecule is CCc1c(C(=O)N(C)C)n(C2CCCC2)c2ccccc12. The Bertz CT molecular complexity index is 663. The van der Waals surface area contributed by atoms with Gasteiger partial charge in [0.15, 0.2) is 0 Å². The van der Waals surface area contributed by atoms with Crippen LogP contribution in [0.5, 0.6) is 0 Å². The number of hydrogen-bond donors (Lipinski definition) is 0. The zero-order valence-electron chi connectivity index (χ0n) is 13.2. The van der Waals surface area contributed by atoms with Crippen LogP contribution in [0.3, 0.4) is 0 Å². The molecule has 112 valence electrons. The molecule has 1 aromatic carbocycles. The van der Waals surface area contributed by atoms with E-state index in [2.05, 4.69) is 35.8 Å². The Labute approximate surface area is 126 Å². The minimum absolute atomic E-state index is 0.134. The van der Waals surface area contributed by atoms with Crippen molar-refractivity contribution in [3.8, 4) is 0 Å². The number of para-hydroxylation sites is 1. The molecule has 2 aromatic rings. The van der Waals surface area contributed by atoms with Gasteiger partial charge in [0.2, 0.25) is 0 Å². The molecule has 0 spiro atoms. The summed E-state index contributed by atoms with van der Waals surface area (Å²) in [5.74, 6) is 0.134. The van der Waals surface area contributed by atoms with Gasteiger partial charge in [-0.05, 0) is 30.9 Å². The molecule has 0 N–H and O–H groups in total. The number of carbonyl (C=O) groups excluding carboxylic acids is 1. The van der Waals surface area contributed by atoms with Crippen LogP contribution >= 0.6 is 0 Å². The number of amides is 1. The van der Waals surface area contributed by atoms with E-state index >= 15 is 0 Å². The third-order valence-corrected chi connectivity index (χ3v) is 4.67. The summed E-state index contributed by atoms with van der Waals surface area (Å²) >= 11 is 0. The molecule has 1 aromatic heterocycles. The molecule has 0 radical (unpaired) electrons. The Morgan fingerprint density at radius 3 is 2.52 bits per heavy atom. The maximum absolute atomic E-state index is 12.8. The van der Waals surface area contributed by atoms with E-state index in [0.29, 0.717) is 6.04 Å². The maximum atomic E-state index is 12.8. The van der Waals surface area contributed by atoms with Crippen molar-refractivity contribution < 1.29 is 4.79 Å². The molecular formula is C18H24N2O. The van der Waals surface area contributed by atoms with E-state index in [9.17, 15) is 4.79 Å². The molecule has 1 heterocycles. The fraction of sp³-hybridized carbons (Fsp3) is 0.500. The summed E-state index contributed by atoms with van der Waals surface area (Å²) in [6, 6.07) is 8.96. The Hall–Kier alpha value is -1.77. The zero-order chi connectivity index (χ0) is 15.0. The average molecular weight is 284 g/mol. The number of benzene rings is 1. The van der Waals surface area contributed by atoms with Gasteiger partial charge in [0, 0.05) is 31.0 Å². The van der Waals surface area contributed by atoms with Crippen LogP contribution in [-0.2, 0) is 6.42 Å². The van der Waals surface area contributed by atoms with Gasteiger partial charge >= 0.3 is 0 Å². The maximum Gasteiger partial charge on any atom is 0.270 e. The van der Waals surface area contributed by atoms with Gasteiger partial charge in [-0.2, -0.15) is 0 Å². The van der Waals surface area contributed by atoms with Crippen LogP contribution in [0.25, 0.3) is 10.9 Å². The number of rotatable bonds is 3. The van der Waals surface area contributed by atoms with E-state index in [1.165, 1.54) is 42.1 Å². The summed E-state index contributed by atoms with van der Waals surface area (Å²) in [6.07, 6.45) is 5.82. The first kappa shape index (κ1) is 14.2. The van der Waals surface area contributed by atoms with Crippen LogP contribution in [-0.4, -0.2) is 29.5 Å². The lowest BCUT2D eigenvalue weighted by Gasteiger charge is -2.20. The van der Waals surface area contributed by atoms with Crippen molar-refractivity contribution in [2.45, 2.75) is 45.1 Å². The predicted molar refractivity (Wildman–Crippen MR) is 86.8 cm³/mol. The van der Waals surface area contributed by atoms with Crippen molar-refractivity contribution in [2.75, 3.05) is 14.1 Å². The lowest BCUT2D eigenvalue weighted by Crippen LogP contribution is -2.26. The summed E-state index contributed by atoms with van der Waals surface area (Å²) in [6.45, 7) is 2.15. The third kappa shape index (κ3) is 2.25. The van der Waals surface area contributed by atoms with Gasteiger partial charge in [-0.15, -0.1) is 0 Å². The molecule has 3 heteroatoms. The third-order valence-electron chi connectivity index (χ3n) is 4.67. The van der Waals surface area contributed by atoms with E-state index < -0.39 is 0 Å². The largest absolute Gasteiger partial charge is 0.343 e. The molecule has 21 heavy (non-hydrogen) atoms. The van der Waals surface area contributed by atoms with Gasteiger partial charge in [-0.3, -0.25) is 4.79 Å². The van der Waals surface area contributed by atoms with Crippen molar-refractivity contribution in [3.05, 3.63) is 35.5 Å². The number of carbonyl (C=O) groups is 1. The molecule has 3 nitrogen and oxygen atoms in total. The van der Waals surface area contributed by atoms with Crippen LogP contribution in [0, 0.1) is 0 Å². The summed E-state index contributed by atoms with van der Waals surface area (Å²) in [5.41, 5.74) is 3.35. The molecule has 0 bridgehead atoms. The number of nitrogens with zero attached hydrogens (tertiary/aromatic N) is 2. The monoisotopic (exact) mass is 284 g/mol. The van der Waals surface area contributed by atoms with E-state index in [-0.39, 0.29) is 5.91 Å². The van der Waals surface area contributed by atoms with E-state index in [0.717, 1.165) is 12.1 Å². The zero-order valence-corrected chi connectivity index (χ0v) is 13.2. The first-order valence-electron chi connectivity index (χ1n) is 7.98. The Morgan fingerprint density at radius 1 is 1.24 bits per heavy atom. The van der Waals surface area contributed by atoms with E-state index in [4.69, 9.17) is 0 Å². The van der Waals surface area contributed by atoms with Gasteiger partial charge in [0.25, 0.3) is 5.91 Å². The number of fused-ring (bicyclic) bond motifs is 1. The van der Waals surface area contributed by atoms with Crippen molar-refractivity contribution in [1.29, 1.82) is 0 Å². The minimum atomic E-state index is 0.134. The second-order valence-electron chi connectivity index (χ2n) is 6.21. The fourth-order valence-electron chi connectivity index (χ4n) is 3.68. The topological polar surface area (TPSA) is 25.2 Å². The number of aromatic nitrogens is 1. The summed E-state index contributed by atoms with van der Waals surface area (Å²) < 4.78 is 2.34. The van der Waals surface area contributed by atoms with Crippen molar-refractivity contribution in [3.63, 3.8) is 0 Å². The Morgan fingerprint density at radius 2 is 1.90 bits per heavy atom. The Kier molecular flexibility index (Phi) is 3.75. The first-order valence-corrected chi connectivity index (χ1v) is 7.98. The summed E-state index contributed by atoms with van der Waals surface area (Å²) in [5, 5.41) is 1.25. The molecular weight excluding hydrogens is 260 g/mol. The number of aryl methyl sites for hydroxylation is 1. The highest BCUT2D eigenvalue weighted by molar-refractivity contribution is 6.01. The average Bonchev–Trinajstić information content (AvgIpc) is 3.10. The molecule has 0 aliphatic heterocycles. The van der Waals surface area contributed by atoms with Gasteiger partial charge in [0.05, 0.1) is 0 Å². The lowest BCUT2D eigenvalue weighted by molar-refractivity contribution is 0.0814. The van der Waals surface area contributed by atoms with Gasteiger partial charge < -0.3 is 9.47 Å². The molecule has 0 atom stereocenters. The van der Waals surface area contributed by atoms with Crippen LogP contribution in [0.2, 0.25) is 0 Å². The normalized spacial score (nSPS) is 15.8. The molecule has 1 saturated carbocycles. The number of hydrogen-bond acceptors (Lipinski definition) is 1. The first-order chi connectivity index (χ1) is 10.1. The highest BCUT2D eigenvalue weighted by Gasteiger charge is 2.28.